The van der Waals surface area contributed by atoms with E-state index < -0.39 is 17.8 Å². The van der Waals surface area contributed by atoms with E-state index in [1.165, 1.54) is 11.0 Å². The second kappa shape index (κ2) is 7.73. The summed E-state index contributed by atoms with van der Waals surface area (Å²) in [6.07, 6.45) is 4.03. The highest BCUT2D eigenvalue weighted by Crippen LogP contribution is 2.55. The zero-order chi connectivity index (χ0) is 24.4. The normalized spacial score (nSPS) is 27.9. The van der Waals surface area contributed by atoms with Crippen molar-refractivity contribution in [1.82, 2.24) is 0 Å². The summed E-state index contributed by atoms with van der Waals surface area (Å²) in [6, 6.07) is 15.5. The number of rotatable bonds is 2. The lowest BCUT2D eigenvalue weighted by atomic mass is 9.59. The molecule has 6 rings (SSSR count). The van der Waals surface area contributed by atoms with Gasteiger partial charge in [0.25, 0.3) is 0 Å². The van der Waals surface area contributed by atoms with Crippen molar-refractivity contribution >= 4 is 29.1 Å². The van der Waals surface area contributed by atoms with Gasteiger partial charge in [0.15, 0.2) is 11.6 Å². The van der Waals surface area contributed by atoms with Gasteiger partial charge in [-0.1, -0.05) is 42.0 Å². The van der Waals surface area contributed by atoms with E-state index in [0.29, 0.717) is 28.8 Å². The van der Waals surface area contributed by atoms with Crippen LogP contribution in [0.4, 0.5) is 5.69 Å². The van der Waals surface area contributed by atoms with Crippen molar-refractivity contribution in [2.45, 2.75) is 25.7 Å². The Morgan fingerprint density at radius 2 is 1.60 bits per heavy atom. The number of ketones is 2. The number of carbonyl (C=O) groups excluding carboxylic acids is 4. The number of benzene rings is 2. The Kier molecular flexibility index (Phi) is 4.74. The molecule has 1 saturated heterocycles. The van der Waals surface area contributed by atoms with E-state index in [4.69, 9.17) is 0 Å². The summed E-state index contributed by atoms with van der Waals surface area (Å²) < 4.78 is 0. The van der Waals surface area contributed by atoms with Gasteiger partial charge in [0.05, 0.1) is 17.5 Å². The van der Waals surface area contributed by atoms with Crippen molar-refractivity contribution in [3.63, 3.8) is 0 Å². The van der Waals surface area contributed by atoms with E-state index in [1.807, 2.05) is 12.1 Å². The molecule has 2 amide bonds. The van der Waals surface area contributed by atoms with E-state index >= 15 is 0 Å². The van der Waals surface area contributed by atoms with E-state index in [2.05, 4.69) is 0 Å². The first-order chi connectivity index (χ1) is 16.9. The summed E-state index contributed by atoms with van der Waals surface area (Å²) in [5.74, 6) is -2.69. The van der Waals surface area contributed by atoms with Crippen LogP contribution >= 0.6 is 0 Å². The number of phenolic OH excluding ortho intramolecular Hbond substituents is 1. The van der Waals surface area contributed by atoms with Gasteiger partial charge in [0, 0.05) is 22.6 Å². The third-order valence-corrected chi connectivity index (χ3v) is 7.81. The van der Waals surface area contributed by atoms with Gasteiger partial charge >= 0.3 is 0 Å². The molecule has 1 heterocycles. The van der Waals surface area contributed by atoms with Crippen LogP contribution in [0.1, 0.15) is 31.2 Å². The Morgan fingerprint density at radius 3 is 2.31 bits per heavy atom. The molecular weight excluding hydrogens is 442 g/mol. The van der Waals surface area contributed by atoms with Gasteiger partial charge in [-0.2, -0.15) is 0 Å². The summed E-state index contributed by atoms with van der Waals surface area (Å²) in [4.78, 5) is 54.8. The van der Waals surface area contributed by atoms with E-state index in [0.717, 1.165) is 11.1 Å². The molecule has 6 heteroatoms. The average molecular weight is 466 g/mol. The molecule has 4 aliphatic rings. The predicted octanol–water partition coefficient (Wildman–Crippen LogP) is 4.03. The molecule has 2 aromatic carbocycles. The Morgan fingerprint density at radius 1 is 0.886 bits per heavy atom. The molecule has 6 nitrogen and oxygen atoms in total. The highest BCUT2D eigenvalue weighted by molar-refractivity contribution is 6.25. The zero-order valence-electron chi connectivity index (χ0n) is 19.1. The van der Waals surface area contributed by atoms with Crippen LogP contribution in [-0.4, -0.2) is 28.5 Å². The number of carbonyl (C=O) groups is 4. The van der Waals surface area contributed by atoms with E-state index in [1.54, 1.807) is 55.5 Å². The number of hydrogen-bond acceptors (Lipinski definition) is 5. The van der Waals surface area contributed by atoms with Crippen LogP contribution in [0, 0.1) is 17.8 Å². The molecule has 0 saturated carbocycles. The Labute approximate surface area is 202 Å². The second-order valence-electron chi connectivity index (χ2n) is 9.67. The lowest BCUT2D eigenvalue weighted by Gasteiger charge is -2.42. The molecule has 0 radical (unpaired) electrons. The number of Topliss-reactive ketones (excluding diaryl/α,β-unsaturated/α-hetero) is 1. The number of nitrogens with zero attached hydrogens (tertiary/aromatic N) is 1. The lowest BCUT2D eigenvalue weighted by molar-refractivity contribution is -0.123. The van der Waals surface area contributed by atoms with Crippen LogP contribution in [-0.2, 0) is 19.2 Å². The minimum atomic E-state index is -0.591. The SMILES string of the molecule is CC1=CC(=O)C2=C(C1=O)C(c1ccc(O)cc1)C1=CCC3C(=O)N(c4ccccc4)C(=O)C3C1C2. The number of allylic oxidation sites excluding steroid dienone is 6. The van der Waals surface area contributed by atoms with Gasteiger partial charge < -0.3 is 5.11 Å². The quantitative estimate of drug-likeness (QED) is 0.411. The molecule has 2 aromatic rings. The molecular formula is C29H23NO5. The van der Waals surface area contributed by atoms with Gasteiger partial charge in [-0.05, 0) is 61.6 Å². The molecule has 3 aliphatic carbocycles. The minimum Gasteiger partial charge on any atom is -0.508 e. The van der Waals surface area contributed by atoms with Crippen LogP contribution in [0.5, 0.6) is 5.75 Å². The number of hydrogen-bond donors (Lipinski definition) is 1. The topological polar surface area (TPSA) is 91.8 Å². The molecule has 35 heavy (non-hydrogen) atoms. The lowest BCUT2D eigenvalue weighted by Crippen LogP contribution is -2.39. The first-order valence-electron chi connectivity index (χ1n) is 11.8. The number of para-hydroxylation sites is 1. The average Bonchev–Trinajstić information content (AvgIpc) is 3.12. The van der Waals surface area contributed by atoms with Crippen molar-refractivity contribution in [3.05, 3.63) is 94.6 Å². The van der Waals surface area contributed by atoms with Gasteiger partial charge in [-0.3, -0.25) is 24.1 Å². The summed E-state index contributed by atoms with van der Waals surface area (Å²) in [5.41, 5.74) is 3.51. The Bertz CT molecular complexity index is 1400. The number of imide groups is 1. The highest BCUT2D eigenvalue weighted by Gasteiger charge is 2.56. The van der Waals surface area contributed by atoms with Crippen LogP contribution in [0.3, 0.4) is 0 Å². The van der Waals surface area contributed by atoms with Crippen LogP contribution < -0.4 is 4.90 Å². The minimum absolute atomic E-state index is 0.102. The third-order valence-electron chi connectivity index (χ3n) is 7.81. The summed E-state index contributed by atoms with van der Waals surface area (Å²) in [5, 5.41) is 9.84. The van der Waals surface area contributed by atoms with Gasteiger partial charge in [0.2, 0.25) is 11.8 Å². The number of fused-ring (bicyclic) bond motifs is 3. The molecule has 1 fully saturated rings. The third kappa shape index (κ3) is 3.09. The summed E-state index contributed by atoms with van der Waals surface area (Å²) in [6.45, 7) is 1.65. The summed E-state index contributed by atoms with van der Waals surface area (Å²) in [7, 11) is 0. The van der Waals surface area contributed by atoms with E-state index in [-0.39, 0.29) is 41.5 Å². The second-order valence-corrected chi connectivity index (χ2v) is 9.67. The standard InChI is InChI=1S/C29H23NO5/c1-15-13-23(32)22-14-21-19(24(26(22)27(15)33)16-7-9-18(31)10-8-16)11-12-20-25(21)29(35)30(28(20)34)17-5-3-2-4-6-17/h2-11,13,20-21,24-25,31H,12,14H2,1H3. The van der Waals surface area contributed by atoms with Gasteiger partial charge in [0.1, 0.15) is 5.75 Å². The molecule has 1 aliphatic heterocycles. The maximum Gasteiger partial charge on any atom is 0.238 e. The van der Waals surface area contributed by atoms with Crippen molar-refractivity contribution in [1.29, 1.82) is 0 Å². The molecule has 0 aromatic heterocycles. The van der Waals surface area contributed by atoms with Gasteiger partial charge in [-0.25, -0.2) is 0 Å². The largest absolute Gasteiger partial charge is 0.508 e. The summed E-state index contributed by atoms with van der Waals surface area (Å²) >= 11 is 0. The number of anilines is 1. The maximum absolute atomic E-state index is 13.7. The van der Waals surface area contributed by atoms with Crippen LogP contribution in [0.25, 0.3) is 0 Å². The van der Waals surface area contributed by atoms with Crippen molar-refractivity contribution in [2.24, 2.45) is 17.8 Å². The molecule has 0 bridgehead atoms. The Balaban J connectivity index is 1.49. The molecule has 4 unspecified atom stereocenters. The fourth-order valence-corrected chi connectivity index (χ4v) is 6.24. The van der Waals surface area contributed by atoms with Crippen molar-refractivity contribution in [2.75, 3.05) is 4.90 Å². The molecule has 0 spiro atoms. The molecule has 1 N–H and O–H groups in total. The number of phenols is 1. The fourth-order valence-electron chi connectivity index (χ4n) is 6.24. The first kappa shape index (κ1) is 21.5. The van der Waals surface area contributed by atoms with Crippen molar-refractivity contribution in [3.8, 4) is 5.75 Å². The monoisotopic (exact) mass is 465 g/mol. The molecule has 4 atom stereocenters. The predicted molar refractivity (Wildman–Crippen MR) is 128 cm³/mol. The fraction of sp³-hybridized carbons (Fsp3) is 0.241. The van der Waals surface area contributed by atoms with E-state index in [9.17, 15) is 24.3 Å². The maximum atomic E-state index is 13.7. The first-order valence-corrected chi connectivity index (χ1v) is 11.8. The Hall–Kier alpha value is -4.06. The number of amides is 2. The van der Waals surface area contributed by atoms with Crippen LogP contribution in [0.2, 0.25) is 0 Å². The highest BCUT2D eigenvalue weighted by atomic mass is 16.3. The van der Waals surface area contributed by atoms with Crippen LogP contribution in [0.15, 0.2) is 89.0 Å². The van der Waals surface area contributed by atoms with Crippen molar-refractivity contribution < 1.29 is 24.3 Å². The van der Waals surface area contributed by atoms with Gasteiger partial charge in [-0.15, -0.1) is 0 Å². The smallest absolute Gasteiger partial charge is 0.238 e. The number of aromatic hydroxyl groups is 1. The molecule has 174 valence electrons. The zero-order valence-corrected chi connectivity index (χ0v) is 19.1.